The largest absolute Gasteiger partial charge is 0.339 e. The normalized spacial score (nSPS) is 14.0. The number of anilines is 1. The third-order valence-corrected chi connectivity index (χ3v) is 4.71. The van der Waals surface area contributed by atoms with Gasteiger partial charge in [0.1, 0.15) is 0 Å². The summed E-state index contributed by atoms with van der Waals surface area (Å²) >= 11 is 6.05. The minimum atomic E-state index is -0.397. The molecule has 3 amide bonds. The van der Waals surface area contributed by atoms with E-state index in [1.165, 1.54) is 25.4 Å². The number of pyridine rings is 1. The first-order chi connectivity index (χ1) is 13.0. The lowest BCUT2D eigenvalue weighted by Crippen LogP contribution is -2.50. The van der Waals surface area contributed by atoms with E-state index in [1.54, 1.807) is 34.1 Å². The van der Waals surface area contributed by atoms with Gasteiger partial charge in [-0.3, -0.25) is 19.4 Å². The quantitative estimate of drug-likeness (QED) is 0.877. The van der Waals surface area contributed by atoms with Crippen LogP contribution in [0.2, 0.25) is 5.02 Å². The fraction of sp³-hybridized carbons (Fsp3) is 0.263. The Balaban J connectivity index is 1.70. The Kier molecular flexibility index (Phi) is 5.71. The Labute approximate surface area is 161 Å². The zero-order valence-electron chi connectivity index (χ0n) is 14.8. The molecule has 1 aliphatic heterocycles. The van der Waals surface area contributed by atoms with Gasteiger partial charge in [-0.15, -0.1) is 0 Å². The fourth-order valence-corrected chi connectivity index (χ4v) is 3.03. The number of nitrogens with one attached hydrogen (secondary N) is 1. The van der Waals surface area contributed by atoms with Crippen LogP contribution in [-0.4, -0.2) is 58.7 Å². The lowest BCUT2D eigenvalue weighted by atomic mass is 10.1. The van der Waals surface area contributed by atoms with Crippen LogP contribution in [0.3, 0.4) is 0 Å². The van der Waals surface area contributed by atoms with Gasteiger partial charge in [0.2, 0.25) is 5.91 Å². The van der Waals surface area contributed by atoms with E-state index in [-0.39, 0.29) is 17.4 Å². The minimum absolute atomic E-state index is 0.00186. The van der Waals surface area contributed by atoms with Crippen molar-refractivity contribution in [1.29, 1.82) is 0 Å². The molecule has 0 unspecified atom stereocenters. The number of carbonyl (C=O) groups is 3. The number of halogens is 1. The van der Waals surface area contributed by atoms with E-state index in [2.05, 4.69) is 10.3 Å². The maximum atomic E-state index is 12.7. The average Bonchev–Trinajstić information content (AvgIpc) is 2.69. The van der Waals surface area contributed by atoms with Gasteiger partial charge >= 0.3 is 0 Å². The predicted octanol–water partition coefficient (Wildman–Crippen LogP) is 2.29. The van der Waals surface area contributed by atoms with Crippen molar-refractivity contribution in [1.82, 2.24) is 14.8 Å². The fourth-order valence-electron chi connectivity index (χ4n) is 2.85. The molecule has 2 heterocycles. The Morgan fingerprint density at radius 2 is 1.63 bits per heavy atom. The van der Waals surface area contributed by atoms with Gasteiger partial charge in [0.05, 0.1) is 21.8 Å². The molecule has 8 heteroatoms. The van der Waals surface area contributed by atoms with Crippen LogP contribution in [-0.2, 0) is 4.79 Å². The molecule has 0 atom stereocenters. The topological polar surface area (TPSA) is 82.6 Å². The Hall–Kier alpha value is -2.93. The number of carbonyl (C=O) groups excluding carboxylic acids is 3. The zero-order chi connectivity index (χ0) is 19.4. The molecule has 1 aromatic heterocycles. The number of piperazine rings is 1. The molecule has 0 bridgehead atoms. The van der Waals surface area contributed by atoms with E-state index in [0.717, 1.165) is 0 Å². The van der Waals surface area contributed by atoms with Crippen LogP contribution >= 0.6 is 11.6 Å². The summed E-state index contributed by atoms with van der Waals surface area (Å²) < 4.78 is 0. The molecule has 0 spiro atoms. The molecule has 1 aromatic carbocycles. The second kappa shape index (κ2) is 8.18. The monoisotopic (exact) mass is 386 g/mol. The highest BCUT2D eigenvalue weighted by molar-refractivity contribution is 6.33. The number of aromatic nitrogens is 1. The molecule has 0 saturated carbocycles. The maximum Gasteiger partial charge on any atom is 0.257 e. The van der Waals surface area contributed by atoms with Gasteiger partial charge in [-0.2, -0.15) is 0 Å². The highest BCUT2D eigenvalue weighted by Crippen LogP contribution is 2.21. The van der Waals surface area contributed by atoms with Gasteiger partial charge in [-0.1, -0.05) is 23.7 Å². The van der Waals surface area contributed by atoms with E-state index in [1.807, 2.05) is 0 Å². The summed E-state index contributed by atoms with van der Waals surface area (Å²) in [5, 5.41) is 3.14. The number of nitrogens with zero attached hydrogens (tertiary/aromatic N) is 3. The number of hydrogen-bond acceptors (Lipinski definition) is 4. The standard InChI is InChI=1S/C19H19ClN4O3/c1-13(25)23-6-8-24(9-7-23)19(27)15-10-14(11-21-12-15)18(26)22-17-5-3-2-4-16(17)20/h2-5,10-12H,6-9H2,1H3,(H,22,26). The number of benzene rings is 1. The van der Waals surface area contributed by atoms with Crippen LogP contribution in [0.25, 0.3) is 0 Å². The first kappa shape index (κ1) is 18.8. The van der Waals surface area contributed by atoms with Gasteiger partial charge in [0.25, 0.3) is 11.8 Å². The molecule has 1 aliphatic rings. The van der Waals surface area contributed by atoms with Gasteiger partial charge in [0, 0.05) is 45.5 Å². The molecule has 1 saturated heterocycles. The summed E-state index contributed by atoms with van der Waals surface area (Å²) in [6.07, 6.45) is 2.84. The number of hydrogen-bond donors (Lipinski definition) is 1. The van der Waals surface area contributed by atoms with Crippen molar-refractivity contribution in [3.05, 3.63) is 58.9 Å². The molecule has 1 fully saturated rings. The summed E-state index contributed by atoms with van der Waals surface area (Å²) in [7, 11) is 0. The van der Waals surface area contributed by atoms with Crippen LogP contribution in [0.15, 0.2) is 42.7 Å². The van der Waals surface area contributed by atoms with Gasteiger partial charge in [-0.05, 0) is 18.2 Å². The molecule has 1 N–H and O–H groups in total. The van der Waals surface area contributed by atoms with Crippen LogP contribution in [0, 0.1) is 0 Å². The highest BCUT2D eigenvalue weighted by atomic mass is 35.5. The van der Waals surface area contributed by atoms with E-state index < -0.39 is 5.91 Å². The van der Waals surface area contributed by atoms with Crippen LogP contribution in [0.5, 0.6) is 0 Å². The Bertz CT molecular complexity index is 879. The van der Waals surface area contributed by atoms with Crippen molar-refractivity contribution in [2.45, 2.75) is 6.92 Å². The van der Waals surface area contributed by atoms with Crippen molar-refractivity contribution in [2.24, 2.45) is 0 Å². The minimum Gasteiger partial charge on any atom is -0.339 e. The lowest BCUT2D eigenvalue weighted by Gasteiger charge is -2.34. The molecule has 7 nitrogen and oxygen atoms in total. The zero-order valence-corrected chi connectivity index (χ0v) is 15.6. The van der Waals surface area contributed by atoms with Crippen molar-refractivity contribution in [3.8, 4) is 0 Å². The molecule has 3 rings (SSSR count). The van der Waals surface area contributed by atoms with Crippen molar-refractivity contribution < 1.29 is 14.4 Å². The van der Waals surface area contributed by atoms with Crippen molar-refractivity contribution in [3.63, 3.8) is 0 Å². The second-order valence-corrected chi connectivity index (χ2v) is 6.60. The molecule has 140 valence electrons. The highest BCUT2D eigenvalue weighted by Gasteiger charge is 2.24. The SMILES string of the molecule is CC(=O)N1CCN(C(=O)c2cncc(C(=O)Nc3ccccc3Cl)c2)CC1. The van der Waals surface area contributed by atoms with E-state index >= 15 is 0 Å². The maximum absolute atomic E-state index is 12.7. The van der Waals surface area contributed by atoms with Crippen LogP contribution in [0.4, 0.5) is 5.69 Å². The molecule has 0 radical (unpaired) electrons. The Morgan fingerprint density at radius 1 is 1.00 bits per heavy atom. The van der Waals surface area contributed by atoms with Crippen LogP contribution < -0.4 is 5.32 Å². The number of rotatable bonds is 3. The summed E-state index contributed by atoms with van der Waals surface area (Å²) in [6.45, 7) is 3.42. The summed E-state index contributed by atoms with van der Waals surface area (Å²) in [6, 6.07) is 8.41. The average molecular weight is 387 g/mol. The first-order valence-corrected chi connectivity index (χ1v) is 8.89. The molecule has 0 aliphatic carbocycles. The third-order valence-electron chi connectivity index (χ3n) is 4.38. The second-order valence-electron chi connectivity index (χ2n) is 6.19. The third kappa shape index (κ3) is 4.43. The van der Waals surface area contributed by atoms with Crippen molar-refractivity contribution >= 4 is 35.0 Å². The summed E-state index contributed by atoms with van der Waals surface area (Å²) in [5.41, 5.74) is 1.09. The number of amides is 3. The molecular formula is C19H19ClN4O3. The smallest absolute Gasteiger partial charge is 0.257 e. The van der Waals surface area contributed by atoms with E-state index in [4.69, 9.17) is 11.6 Å². The lowest BCUT2D eigenvalue weighted by molar-refractivity contribution is -0.130. The van der Waals surface area contributed by atoms with Crippen molar-refractivity contribution in [2.75, 3.05) is 31.5 Å². The molecule has 27 heavy (non-hydrogen) atoms. The number of para-hydroxylation sites is 1. The van der Waals surface area contributed by atoms with Crippen LogP contribution in [0.1, 0.15) is 27.6 Å². The first-order valence-electron chi connectivity index (χ1n) is 8.51. The van der Waals surface area contributed by atoms with Gasteiger partial charge in [0.15, 0.2) is 0 Å². The van der Waals surface area contributed by atoms with Gasteiger partial charge < -0.3 is 15.1 Å². The molecular weight excluding hydrogens is 368 g/mol. The molecule has 2 aromatic rings. The van der Waals surface area contributed by atoms with Gasteiger partial charge in [-0.25, -0.2) is 0 Å². The summed E-state index contributed by atoms with van der Waals surface area (Å²) in [4.78, 5) is 43.9. The Morgan fingerprint density at radius 3 is 2.30 bits per heavy atom. The summed E-state index contributed by atoms with van der Waals surface area (Å²) in [5.74, 6) is -0.605. The van der Waals surface area contributed by atoms with E-state index in [0.29, 0.717) is 42.5 Å². The predicted molar refractivity (Wildman–Crippen MR) is 102 cm³/mol. The van der Waals surface area contributed by atoms with E-state index in [9.17, 15) is 14.4 Å².